The summed E-state index contributed by atoms with van der Waals surface area (Å²) in [4.78, 5) is 0. The number of aryl methyl sites for hydroxylation is 2. The van der Waals surface area contributed by atoms with Crippen LogP contribution in [0.15, 0.2) is 54.6 Å². The topological polar surface area (TPSA) is 9.23 Å². The monoisotopic (exact) mass is 289 g/mol. The molecule has 0 saturated carbocycles. The smallest absolute Gasteiger partial charge is 0.127 e. The van der Waals surface area contributed by atoms with Gasteiger partial charge in [0.15, 0.2) is 0 Å². The van der Waals surface area contributed by atoms with Gasteiger partial charge in [0, 0.05) is 5.39 Å². The summed E-state index contributed by atoms with van der Waals surface area (Å²) in [6.07, 6.45) is 0.771. The molecule has 0 aliphatic carbocycles. The lowest BCUT2D eigenvalue weighted by Gasteiger charge is -2.15. The van der Waals surface area contributed by atoms with E-state index in [4.69, 9.17) is 4.74 Å². The maximum Gasteiger partial charge on any atom is 0.127 e. The molecule has 0 saturated heterocycles. The zero-order valence-electron chi connectivity index (χ0n) is 13.2. The summed E-state index contributed by atoms with van der Waals surface area (Å²) in [7, 11) is 0. The van der Waals surface area contributed by atoms with Gasteiger partial charge >= 0.3 is 0 Å². The van der Waals surface area contributed by atoms with Gasteiger partial charge in [-0.1, -0.05) is 48.5 Å². The molecule has 0 fully saturated rings. The van der Waals surface area contributed by atoms with Crippen LogP contribution < -0.4 is 4.74 Å². The SMILES string of the molecule is [CH2]CCOc1ccc(-c2c(C)cccc2C)c2ccccc12. The van der Waals surface area contributed by atoms with Crippen LogP contribution in [0.4, 0.5) is 0 Å². The molecule has 22 heavy (non-hydrogen) atoms. The fourth-order valence-electron chi connectivity index (χ4n) is 3.04. The summed E-state index contributed by atoms with van der Waals surface area (Å²) in [6.45, 7) is 8.83. The maximum atomic E-state index is 5.86. The molecule has 0 N–H and O–H groups in total. The van der Waals surface area contributed by atoms with Gasteiger partial charge in [-0.3, -0.25) is 0 Å². The molecule has 3 aromatic carbocycles. The average molecular weight is 289 g/mol. The molecule has 0 spiro atoms. The van der Waals surface area contributed by atoms with Gasteiger partial charge in [0.05, 0.1) is 6.61 Å². The van der Waals surface area contributed by atoms with Crippen LogP contribution in [0.3, 0.4) is 0 Å². The number of fused-ring (bicyclic) bond motifs is 1. The van der Waals surface area contributed by atoms with Crippen molar-refractivity contribution in [3.05, 3.63) is 72.6 Å². The Morgan fingerprint density at radius 1 is 0.818 bits per heavy atom. The van der Waals surface area contributed by atoms with Gasteiger partial charge in [-0.2, -0.15) is 0 Å². The van der Waals surface area contributed by atoms with Crippen LogP contribution in [0, 0.1) is 20.8 Å². The fourth-order valence-corrected chi connectivity index (χ4v) is 3.04. The standard InChI is InChI=1S/C21H21O/c1-4-14-22-20-13-12-19(17-10-5-6-11-18(17)20)21-15(2)8-7-9-16(21)3/h5-13H,1,4,14H2,2-3H3. The lowest BCUT2D eigenvalue weighted by atomic mass is 9.91. The highest BCUT2D eigenvalue weighted by Crippen LogP contribution is 2.37. The van der Waals surface area contributed by atoms with Crippen molar-refractivity contribution < 1.29 is 4.74 Å². The van der Waals surface area contributed by atoms with Crippen molar-refractivity contribution in [3.8, 4) is 16.9 Å². The van der Waals surface area contributed by atoms with Crippen LogP contribution in [0.1, 0.15) is 17.5 Å². The highest BCUT2D eigenvalue weighted by atomic mass is 16.5. The first-order chi connectivity index (χ1) is 10.7. The molecular formula is C21H21O. The molecule has 0 bridgehead atoms. The molecule has 0 aliphatic rings. The summed E-state index contributed by atoms with van der Waals surface area (Å²) in [5, 5.41) is 2.40. The number of benzene rings is 3. The molecule has 1 nitrogen and oxygen atoms in total. The van der Waals surface area contributed by atoms with Gasteiger partial charge in [0.2, 0.25) is 0 Å². The Bertz CT molecular complexity index is 782. The Balaban J connectivity index is 2.24. The average Bonchev–Trinajstić information content (AvgIpc) is 2.53. The number of hydrogen-bond acceptors (Lipinski definition) is 1. The second kappa shape index (κ2) is 6.23. The first-order valence-electron chi connectivity index (χ1n) is 7.72. The Morgan fingerprint density at radius 3 is 2.18 bits per heavy atom. The third-order valence-electron chi connectivity index (χ3n) is 4.04. The summed E-state index contributed by atoms with van der Waals surface area (Å²) in [5.74, 6) is 0.939. The molecule has 0 amide bonds. The van der Waals surface area contributed by atoms with Crippen molar-refractivity contribution in [1.82, 2.24) is 0 Å². The van der Waals surface area contributed by atoms with E-state index in [0.29, 0.717) is 6.61 Å². The first kappa shape index (κ1) is 14.6. The highest BCUT2D eigenvalue weighted by molar-refractivity contribution is 6.01. The van der Waals surface area contributed by atoms with Crippen LogP contribution in [0.25, 0.3) is 21.9 Å². The zero-order chi connectivity index (χ0) is 15.5. The predicted molar refractivity (Wildman–Crippen MR) is 94.3 cm³/mol. The van der Waals surface area contributed by atoms with Crippen molar-refractivity contribution >= 4 is 10.8 Å². The van der Waals surface area contributed by atoms with E-state index in [1.165, 1.54) is 27.6 Å². The van der Waals surface area contributed by atoms with Crippen LogP contribution in [-0.4, -0.2) is 6.61 Å². The molecule has 3 aromatic rings. The Labute approximate surface area is 132 Å². The quantitative estimate of drug-likeness (QED) is 0.596. The van der Waals surface area contributed by atoms with Gasteiger partial charge in [0.25, 0.3) is 0 Å². The Kier molecular flexibility index (Phi) is 4.15. The van der Waals surface area contributed by atoms with Crippen LogP contribution >= 0.6 is 0 Å². The normalized spacial score (nSPS) is 10.9. The summed E-state index contributed by atoms with van der Waals surface area (Å²) in [5.41, 5.74) is 5.20. The summed E-state index contributed by atoms with van der Waals surface area (Å²) < 4.78 is 5.86. The lowest BCUT2D eigenvalue weighted by molar-refractivity contribution is 0.328. The third kappa shape index (κ3) is 2.59. The Hall–Kier alpha value is -2.28. The van der Waals surface area contributed by atoms with Gasteiger partial charge in [-0.05, 0) is 60.9 Å². The minimum Gasteiger partial charge on any atom is -0.493 e. The van der Waals surface area contributed by atoms with E-state index in [1.54, 1.807) is 0 Å². The molecule has 0 atom stereocenters. The second-order valence-electron chi connectivity index (χ2n) is 5.63. The van der Waals surface area contributed by atoms with E-state index >= 15 is 0 Å². The van der Waals surface area contributed by atoms with Crippen molar-refractivity contribution in [1.29, 1.82) is 0 Å². The van der Waals surface area contributed by atoms with E-state index < -0.39 is 0 Å². The van der Waals surface area contributed by atoms with Crippen molar-refractivity contribution in [2.45, 2.75) is 20.3 Å². The first-order valence-corrected chi connectivity index (χ1v) is 7.72. The van der Waals surface area contributed by atoms with Gasteiger partial charge in [-0.15, -0.1) is 0 Å². The van der Waals surface area contributed by atoms with Gasteiger partial charge in [0.1, 0.15) is 5.75 Å². The fraction of sp³-hybridized carbons (Fsp3) is 0.190. The minimum absolute atomic E-state index is 0.646. The van der Waals surface area contributed by atoms with E-state index in [2.05, 4.69) is 75.4 Å². The molecule has 111 valence electrons. The summed E-state index contributed by atoms with van der Waals surface area (Å²) >= 11 is 0. The molecule has 1 radical (unpaired) electrons. The van der Waals surface area contributed by atoms with E-state index in [-0.39, 0.29) is 0 Å². The lowest BCUT2D eigenvalue weighted by Crippen LogP contribution is -1.97. The molecule has 0 aromatic heterocycles. The van der Waals surface area contributed by atoms with Crippen molar-refractivity contribution in [3.63, 3.8) is 0 Å². The largest absolute Gasteiger partial charge is 0.493 e. The minimum atomic E-state index is 0.646. The van der Waals surface area contributed by atoms with Crippen LogP contribution in [0.5, 0.6) is 5.75 Å². The van der Waals surface area contributed by atoms with Crippen LogP contribution in [-0.2, 0) is 0 Å². The predicted octanol–water partition coefficient (Wildman–Crippen LogP) is 5.73. The number of hydrogen-bond donors (Lipinski definition) is 0. The van der Waals surface area contributed by atoms with E-state index in [0.717, 1.165) is 17.6 Å². The molecule has 0 unspecified atom stereocenters. The molecule has 1 heteroatoms. The molecule has 0 heterocycles. The molecule has 0 aliphatic heterocycles. The number of ether oxygens (including phenoxy) is 1. The number of rotatable bonds is 4. The highest BCUT2D eigenvalue weighted by Gasteiger charge is 2.11. The molecule has 3 rings (SSSR count). The van der Waals surface area contributed by atoms with Gasteiger partial charge in [-0.25, -0.2) is 0 Å². The zero-order valence-corrected chi connectivity index (χ0v) is 13.2. The third-order valence-corrected chi connectivity index (χ3v) is 4.04. The van der Waals surface area contributed by atoms with E-state index in [1.807, 2.05) is 0 Å². The maximum absolute atomic E-state index is 5.86. The van der Waals surface area contributed by atoms with E-state index in [9.17, 15) is 0 Å². The molecular weight excluding hydrogens is 268 g/mol. The Morgan fingerprint density at radius 2 is 1.50 bits per heavy atom. The van der Waals surface area contributed by atoms with Gasteiger partial charge < -0.3 is 4.74 Å². The second-order valence-corrected chi connectivity index (χ2v) is 5.63. The summed E-state index contributed by atoms with van der Waals surface area (Å²) in [6, 6.07) is 19.2. The van der Waals surface area contributed by atoms with Crippen LogP contribution in [0.2, 0.25) is 0 Å². The van der Waals surface area contributed by atoms with Crippen molar-refractivity contribution in [2.75, 3.05) is 6.61 Å². The van der Waals surface area contributed by atoms with Crippen molar-refractivity contribution in [2.24, 2.45) is 0 Å².